The second-order valence-corrected chi connectivity index (χ2v) is 16.3. The van der Waals surface area contributed by atoms with Gasteiger partial charge < -0.3 is 9.80 Å². The lowest BCUT2D eigenvalue weighted by Gasteiger charge is -2.36. The number of nitrogens with zero attached hydrogens (tertiary/aromatic N) is 7. The highest BCUT2D eigenvalue weighted by molar-refractivity contribution is 6.35. The molecule has 3 aromatic carbocycles. The Labute approximate surface area is 327 Å². The van der Waals surface area contributed by atoms with Crippen LogP contribution in [0.3, 0.4) is 0 Å². The van der Waals surface area contributed by atoms with E-state index in [0.29, 0.717) is 47.9 Å². The van der Waals surface area contributed by atoms with Crippen LogP contribution in [0.4, 0.5) is 20.4 Å². The van der Waals surface area contributed by atoms with E-state index >= 15 is 8.78 Å². The first-order chi connectivity index (χ1) is 27.0. The van der Waals surface area contributed by atoms with Gasteiger partial charge in [-0.1, -0.05) is 23.7 Å². The smallest absolute Gasteiger partial charge is 0.282 e. The molecule has 0 aliphatic carbocycles. The first kappa shape index (κ1) is 36.4. The fourth-order valence-corrected chi connectivity index (χ4v) is 9.26. The minimum atomic E-state index is -1.01. The molecule has 56 heavy (non-hydrogen) atoms. The summed E-state index contributed by atoms with van der Waals surface area (Å²) in [5.41, 5.74) is 4.63. The van der Waals surface area contributed by atoms with Crippen LogP contribution in [0, 0.1) is 11.6 Å². The predicted octanol–water partition coefficient (Wildman–Crippen LogP) is 5.97. The lowest BCUT2D eigenvalue weighted by atomic mass is 9.85. The zero-order valence-corrected chi connectivity index (χ0v) is 32.0. The van der Waals surface area contributed by atoms with Gasteiger partial charge in [0.1, 0.15) is 17.5 Å². The summed E-state index contributed by atoms with van der Waals surface area (Å²) in [5.74, 6) is -2.25. The molecule has 288 valence electrons. The van der Waals surface area contributed by atoms with Crippen LogP contribution in [0.2, 0.25) is 5.02 Å². The highest BCUT2D eigenvalue weighted by Crippen LogP contribution is 2.44. The van der Waals surface area contributed by atoms with E-state index in [9.17, 15) is 14.4 Å². The molecular weight excluding hydrogens is 738 g/mol. The monoisotopic (exact) mass is 778 g/mol. The van der Waals surface area contributed by atoms with Crippen molar-refractivity contribution in [2.24, 2.45) is 0 Å². The van der Waals surface area contributed by atoms with Crippen LogP contribution in [0.15, 0.2) is 65.7 Å². The third kappa shape index (κ3) is 6.30. The van der Waals surface area contributed by atoms with Gasteiger partial charge in [0.25, 0.3) is 5.56 Å². The Balaban J connectivity index is 0.810. The summed E-state index contributed by atoms with van der Waals surface area (Å²) < 4.78 is 32.5. The zero-order chi connectivity index (χ0) is 38.9. The molecule has 2 amide bonds. The number of anilines is 2. The maximum Gasteiger partial charge on any atom is 0.282 e. The summed E-state index contributed by atoms with van der Waals surface area (Å²) in [5, 5.41) is 3.02. The summed E-state index contributed by atoms with van der Waals surface area (Å²) in [7, 11) is 0. The number of carbonyl (C=O) groups is 2. The van der Waals surface area contributed by atoms with Crippen LogP contribution in [-0.2, 0) is 21.5 Å². The zero-order valence-electron chi connectivity index (χ0n) is 31.2. The molecule has 4 aliphatic heterocycles. The van der Waals surface area contributed by atoms with Crippen molar-refractivity contribution in [1.29, 1.82) is 0 Å². The highest BCUT2D eigenvalue weighted by Gasteiger charge is 2.39. The molecule has 2 aromatic heterocycles. The van der Waals surface area contributed by atoms with Crippen molar-refractivity contribution in [2.75, 3.05) is 49.1 Å². The van der Waals surface area contributed by atoms with Crippen LogP contribution in [0.5, 0.6) is 0 Å². The highest BCUT2D eigenvalue weighted by atomic mass is 35.5. The van der Waals surface area contributed by atoms with Gasteiger partial charge in [-0.3, -0.25) is 29.2 Å². The van der Waals surface area contributed by atoms with Crippen LogP contribution >= 0.6 is 11.6 Å². The molecule has 14 heteroatoms. The van der Waals surface area contributed by atoms with E-state index < -0.39 is 34.8 Å². The quantitative estimate of drug-likeness (QED) is 0.208. The van der Waals surface area contributed by atoms with E-state index in [-0.39, 0.29) is 29.9 Å². The molecule has 3 saturated heterocycles. The van der Waals surface area contributed by atoms with Gasteiger partial charge in [-0.05, 0) is 86.6 Å². The van der Waals surface area contributed by atoms with Crippen molar-refractivity contribution >= 4 is 46.0 Å². The Morgan fingerprint density at radius 2 is 1.59 bits per heavy atom. The summed E-state index contributed by atoms with van der Waals surface area (Å²) >= 11 is 6.48. The molecule has 0 bridgehead atoms. The number of amides is 2. The fourth-order valence-electron chi connectivity index (χ4n) is 9.01. The number of rotatable bonds is 6. The van der Waals surface area contributed by atoms with Crippen LogP contribution in [-0.4, -0.2) is 75.5 Å². The second-order valence-electron chi connectivity index (χ2n) is 15.9. The van der Waals surface area contributed by atoms with E-state index in [4.69, 9.17) is 11.6 Å². The second kappa shape index (κ2) is 14.0. The molecule has 0 saturated carbocycles. The topological polar surface area (TPSA) is 117 Å². The van der Waals surface area contributed by atoms with Gasteiger partial charge in [-0.15, -0.1) is 0 Å². The van der Waals surface area contributed by atoms with Crippen molar-refractivity contribution in [1.82, 2.24) is 29.7 Å². The number of hydrogen-bond acceptors (Lipinski definition) is 9. The maximum absolute atomic E-state index is 15.2. The molecule has 11 nitrogen and oxygen atoms in total. The Bertz CT molecular complexity index is 2430. The third-order valence-corrected chi connectivity index (χ3v) is 12.4. The number of benzene rings is 3. The minimum absolute atomic E-state index is 0.0368. The lowest BCUT2D eigenvalue weighted by molar-refractivity contribution is -0.134. The molecule has 3 fully saturated rings. The van der Waals surface area contributed by atoms with Crippen molar-refractivity contribution in [2.45, 2.75) is 63.3 Å². The van der Waals surface area contributed by atoms with Crippen molar-refractivity contribution in [3.63, 3.8) is 0 Å². The average Bonchev–Trinajstić information content (AvgIpc) is 3.41. The number of piperidine rings is 2. The van der Waals surface area contributed by atoms with Gasteiger partial charge in [-0.2, -0.15) is 4.98 Å². The van der Waals surface area contributed by atoms with E-state index in [1.807, 2.05) is 24.5 Å². The number of hydrogen-bond donors (Lipinski definition) is 1. The lowest BCUT2D eigenvalue weighted by Crippen LogP contribution is -2.46. The molecule has 4 aliphatic rings. The molecular formula is C42H41ClF2N8O3. The van der Waals surface area contributed by atoms with E-state index in [1.165, 1.54) is 12.1 Å². The number of piperazine rings is 1. The Morgan fingerprint density at radius 3 is 2.29 bits per heavy atom. The Hall–Kier alpha value is -5.27. The minimum Gasteiger partial charge on any atom is -0.369 e. The molecule has 1 N–H and O–H groups in total. The fraction of sp³-hybridized carbons (Fsp3) is 0.381. The first-order valence-corrected chi connectivity index (χ1v) is 19.6. The van der Waals surface area contributed by atoms with Crippen LogP contribution < -0.4 is 20.7 Å². The van der Waals surface area contributed by atoms with Crippen LogP contribution in [0.1, 0.15) is 79.4 Å². The first-order valence-electron chi connectivity index (χ1n) is 19.2. The van der Waals surface area contributed by atoms with Gasteiger partial charge in [0.15, 0.2) is 0 Å². The number of nitrogens with one attached hydrogen (secondary N) is 1. The molecule has 9 rings (SSSR count). The summed E-state index contributed by atoms with van der Waals surface area (Å²) in [6, 6.07) is 14.8. The molecule has 0 radical (unpaired) electrons. The van der Waals surface area contributed by atoms with Crippen molar-refractivity contribution in [3.05, 3.63) is 116 Å². The standard InChI is InChI=1S/C42H41ClF2N8O3/c1-42(2)29-8-6-27(20-34(29)53-33-5-3-4-30(43)37(33)39(56)49-40(42)53)51-16-14-50(15-17-51)23-24-21-46-41(47-22-24)52-12-10-25(11-13-52)26-18-31(44)36(32(45)19-26)28-7-9-35(54)48-38(28)55/h3-6,8,18-22,25,28H,7,9-17,23H2,1-2H3,(H,48,54,55). The van der Waals surface area contributed by atoms with Gasteiger partial charge in [0.2, 0.25) is 17.8 Å². The Kier molecular flexibility index (Phi) is 9.12. The van der Waals surface area contributed by atoms with Crippen molar-refractivity contribution in [3.8, 4) is 5.69 Å². The summed E-state index contributed by atoms with van der Waals surface area (Å²) in [4.78, 5) is 57.6. The average molecular weight is 779 g/mol. The molecule has 0 spiro atoms. The maximum atomic E-state index is 15.2. The summed E-state index contributed by atoms with van der Waals surface area (Å²) in [6.45, 7) is 9.69. The molecule has 5 aromatic rings. The van der Waals surface area contributed by atoms with Crippen molar-refractivity contribution < 1.29 is 18.4 Å². The largest absolute Gasteiger partial charge is 0.369 e. The van der Waals surface area contributed by atoms with Gasteiger partial charge in [0, 0.05) is 81.4 Å². The molecule has 1 unspecified atom stereocenters. The van der Waals surface area contributed by atoms with Crippen LogP contribution in [0.25, 0.3) is 16.6 Å². The SMILES string of the molecule is CC1(C)c2ccc(N3CCN(Cc4cnc(N5CCC(c6cc(F)c(C7CCC(=O)NC7=O)c(F)c6)CC5)nc4)CC3)cc2-n2c1nc(=O)c1c(Cl)cccc12. The molecule has 1 atom stereocenters. The van der Waals surface area contributed by atoms with Gasteiger partial charge in [0.05, 0.1) is 32.9 Å². The van der Waals surface area contributed by atoms with E-state index in [0.717, 1.165) is 66.6 Å². The number of imide groups is 1. The Morgan fingerprint density at radius 1 is 0.875 bits per heavy atom. The summed E-state index contributed by atoms with van der Waals surface area (Å²) in [6.07, 6.45) is 5.28. The predicted molar refractivity (Wildman–Crippen MR) is 210 cm³/mol. The molecule has 6 heterocycles. The number of fused-ring (bicyclic) bond motifs is 5. The number of aromatic nitrogens is 4. The van der Waals surface area contributed by atoms with Gasteiger partial charge in [-0.25, -0.2) is 18.7 Å². The normalized spacial score (nSPS) is 20.0. The third-order valence-electron chi connectivity index (χ3n) is 12.1. The number of halogens is 3. The van der Waals surface area contributed by atoms with E-state index in [1.54, 1.807) is 6.07 Å². The number of carbonyl (C=O) groups excluding carboxylic acids is 2. The van der Waals surface area contributed by atoms with E-state index in [2.05, 4.69) is 71.6 Å². The van der Waals surface area contributed by atoms with Gasteiger partial charge >= 0.3 is 0 Å².